The van der Waals surface area contributed by atoms with Crippen molar-refractivity contribution in [2.45, 2.75) is 6.92 Å². The van der Waals surface area contributed by atoms with Crippen LogP contribution in [0.2, 0.25) is 0 Å². The van der Waals surface area contributed by atoms with Gasteiger partial charge in [-0.05, 0) is 41.1 Å². The normalized spacial score (nSPS) is 10.8. The number of nitrogens with two attached hydrogens (primary N) is 1. The van der Waals surface area contributed by atoms with Gasteiger partial charge in [0, 0.05) is 18.2 Å². The third-order valence-corrected chi connectivity index (χ3v) is 3.14. The van der Waals surface area contributed by atoms with E-state index in [2.05, 4.69) is 21.0 Å². The van der Waals surface area contributed by atoms with Crippen LogP contribution in [0.3, 0.4) is 0 Å². The van der Waals surface area contributed by atoms with Crippen LogP contribution in [0.4, 0.5) is 10.2 Å². The monoisotopic (exact) mass is 283 g/mol. The van der Waals surface area contributed by atoms with Crippen LogP contribution in [0, 0.1) is 12.7 Å². The Hall–Kier alpha value is -1.36. The molecule has 5 heteroatoms. The first-order valence-corrected chi connectivity index (χ1v) is 5.54. The minimum Gasteiger partial charge on any atom is -0.384 e. The molecule has 0 aliphatic carbocycles. The summed E-state index contributed by atoms with van der Waals surface area (Å²) in [5, 5.41) is 4.30. The quantitative estimate of drug-likeness (QED) is 0.875. The van der Waals surface area contributed by atoms with E-state index >= 15 is 0 Å². The van der Waals surface area contributed by atoms with Crippen LogP contribution in [0.25, 0.3) is 11.3 Å². The molecule has 0 aliphatic rings. The summed E-state index contributed by atoms with van der Waals surface area (Å²) >= 11 is 3.15. The van der Waals surface area contributed by atoms with Gasteiger partial charge in [0.05, 0.1) is 10.2 Å². The standard InChI is InChI=1S/C11H11BrFN3/c1-6-10(15-16(2)11(6)14)7-3-4-9(13)8(12)5-7/h3-5H,14H2,1-2H3. The van der Waals surface area contributed by atoms with E-state index in [-0.39, 0.29) is 5.82 Å². The zero-order chi connectivity index (χ0) is 11.9. The van der Waals surface area contributed by atoms with Crippen LogP contribution >= 0.6 is 15.9 Å². The average Bonchev–Trinajstić information content (AvgIpc) is 2.50. The van der Waals surface area contributed by atoms with Crippen molar-refractivity contribution in [1.82, 2.24) is 9.78 Å². The second kappa shape index (κ2) is 3.90. The van der Waals surface area contributed by atoms with Gasteiger partial charge in [-0.15, -0.1) is 0 Å². The molecule has 0 amide bonds. The van der Waals surface area contributed by atoms with Gasteiger partial charge in [0.25, 0.3) is 0 Å². The van der Waals surface area contributed by atoms with Crippen LogP contribution in [0.1, 0.15) is 5.56 Å². The van der Waals surface area contributed by atoms with Crippen molar-refractivity contribution in [2.75, 3.05) is 5.73 Å². The molecular formula is C11H11BrFN3. The highest BCUT2D eigenvalue weighted by atomic mass is 79.9. The fraction of sp³-hybridized carbons (Fsp3) is 0.182. The fourth-order valence-electron chi connectivity index (χ4n) is 1.56. The van der Waals surface area contributed by atoms with Crippen LogP contribution in [-0.2, 0) is 7.05 Å². The average molecular weight is 284 g/mol. The number of benzene rings is 1. The van der Waals surface area contributed by atoms with Crippen molar-refractivity contribution < 1.29 is 4.39 Å². The molecule has 0 saturated carbocycles. The Bertz CT molecular complexity index is 548. The second-order valence-electron chi connectivity index (χ2n) is 3.61. The summed E-state index contributed by atoms with van der Waals surface area (Å²) < 4.78 is 15.1. The van der Waals surface area contributed by atoms with Gasteiger partial charge in [-0.2, -0.15) is 5.10 Å². The molecule has 0 radical (unpaired) electrons. The number of aromatic nitrogens is 2. The maximum absolute atomic E-state index is 13.1. The Kier molecular flexibility index (Phi) is 2.71. The molecule has 0 bridgehead atoms. The zero-order valence-electron chi connectivity index (χ0n) is 8.96. The fourth-order valence-corrected chi connectivity index (χ4v) is 1.94. The van der Waals surface area contributed by atoms with Crippen molar-refractivity contribution in [3.8, 4) is 11.3 Å². The molecule has 0 spiro atoms. The van der Waals surface area contributed by atoms with Crippen LogP contribution in [0.15, 0.2) is 22.7 Å². The van der Waals surface area contributed by atoms with Crippen molar-refractivity contribution in [3.05, 3.63) is 34.1 Å². The summed E-state index contributed by atoms with van der Waals surface area (Å²) in [6.07, 6.45) is 0. The number of nitrogen functional groups attached to an aromatic ring is 1. The SMILES string of the molecule is Cc1c(-c2ccc(F)c(Br)c2)nn(C)c1N. The highest BCUT2D eigenvalue weighted by Gasteiger charge is 2.12. The summed E-state index contributed by atoms with van der Waals surface area (Å²) in [6, 6.07) is 4.79. The second-order valence-corrected chi connectivity index (χ2v) is 4.47. The lowest BCUT2D eigenvalue weighted by Crippen LogP contribution is -1.97. The number of nitrogens with zero attached hydrogens (tertiary/aromatic N) is 2. The summed E-state index contributed by atoms with van der Waals surface area (Å²) in [4.78, 5) is 0. The molecule has 84 valence electrons. The van der Waals surface area contributed by atoms with E-state index in [1.807, 2.05) is 6.92 Å². The Labute approximate surface area is 101 Å². The molecule has 0 fully saturated rings. The molecule has 2 aromatic rings. The first-order valence-electron chi connectivity index (χ1n) is 4.75. The molecule has 16 heavy (non-hydrogen) atoms. The van der Waals surface area contributed by atoms with Gasteiger partial charge in [-0.1, -0.05) is 0 Å². The van der Waals surface area contributed by atoms with Gasteiger partial charge in [-0.3, -0.25) is 4.68 Å². The lowest BCUT2D eigenvalue weighted by atomic mass is 10.1. The third kappa shape index (κ3) is 1.71. The third-order valence-electron chi connectivity index (χ3n) is 2.53. The highest BCUT2D eigenvalue weighted by molar-refractivity contribution is 9.10. The van der Waals surface area contributed by atoms with Gasteiger partial charge in [0.15, 0.2) is 0 Å². The number of aryl methyl sites for hydroxylation is 1. The van der Waals surface area contributed by atoms with Gasteiger partial charge < -0.3 is 5.73 Å². The van der Waals surface area contributed by atoms with Gasteiger partial charge in [-0.25, -0.2) is 4.39 Å². The van der Waals surface area contributed by atoms with Crippen molar-refractivity contribution in [1.29, 1.82) is 0 Å². The molecule has 3 nitrogen and oxygen atoms in total. The summed E-state index contributed by atoms with van der Waals surface area (Å²) in [5.74, 6) is 0.334. The van der Waals surface area contributed by atoms with Crippen molar-refractivity contribution >= 4 is 21.7 Å². The Balaban J connectivity index is 2.59. The maximum atomic E-state index is 13.1. The molecule has 0 unspecified atom stereocenters. The summed E-state index contributed by atoms with van der Waals surface area (Å²) in [6.45, 7) is 1.90. The Morgan fingerprint density at radius 1 is 1.44 bits per heavy atom. The van der Waals surface area contributed by atoms with Gasteiger partial charge in [0.2, 0.25) is 0 Å². The number of hydrogen-bond acceptors (Lipinski definition) is 2. The molecule has 1 aromatic carbocycles. The molecular weight excluding hydrogens is 273 g/mol. The van der Waals surface area contributed by atoms with Crippen LogP contribution in [-0.4, -0.2) is 9.78 Å². The minimum atomic E-state index is -0.287. The highest BCUT2D eigenvalue weighted by Crippen LogP contribution is 2.28. The Morgan fingerprint density at radius 3 is 2.62 bits per heavy atom. The lowest BCUT2D eigenvalue weighted by Gasteiger charge is -2.00. The van der Waals surface area contributed by atoms with E-state index in [0.29, 0.717) is 10.3 Å². The van der Waals surface area contributed by atoms with E-state index in [9.17, 15) is 4.39 Å². The number of anilines is 1. The maximum Gasteiger partial charge on any atom is 0.137 e. The molecule has 2 N–H and O–H groups in total. The smallest absolute Gasteiger partial charge is 0.137 e. The first kappa shape index (κ1) is 11.1. The van der Waals surface area contributed by atoms with E-state index < -0.39 is 0 Å². The van der Waals surface area contributed by atoms with Gasteiger partial charge in [0.1, 0.15) is 11.6 Å². The molecule has 2 rings (SSSR count). The Morgan fingerprint density at radius 2 is 2.12 bits per heavy atom. The predicted octanol–water partition coefficient (Wildman–Crippen LogP) is 2.88. The van der Waals surface area contributed by atoms with E-state index in [1.165, 1.54) is 6.07 Å². The topological polar surface area (TPSA) is 43.8 Å². The molecule has 0 atom stereocenters. The minimum absolute atomic E-state index is 0.287. The van der Waals surface area contributed by atoms with Crippen molar-refractivity contribution in [3.63, 3.8) is 0 Å². The van der Waals surface area contributed by atoms with Crippen LogP contribution in [0.5, 0.6) is 0 Å². The summed E-state index contributed by atoms with van der Waals surface area (Å²) in [5.41, 5.74) is 8.35. The van der Waals surface area contributed by atoms with E-state index in [1.54, 1.807) is 23.9 Å². The zero-order valence-corrected chi connectivity index (χ0v) is 10.5. The van der Waals surface area contributed by atoms with E-state index in [4.69, 9.17) is 5.73 Å². The lowest BCUT2D eigenvalue weighted by molar-refractivity contribution is 0.621. The van der Waals surface area contributed by atoms with Gasteiger partial charge >= 0.3 is 0 Å². The molecule has 1 aromatic heterocycles. The van der Waals surface area contributed by atoms with Crippen LogP contribution < -0.4 is 5.73 Å². The molecule has 0 saturated heterocycles. The number of halogens is 2. The molecule has 0 aliphatic heterocycles. The van der Waals surface area contributed by atoms with E-state index in [0.717, 1.165) is 16.8 Å². The molecule has 1 heterocycles. The number of rotatable bonds is 1. The number of hydrogen-bond donors (Lipinski definition) is 1. The predicted molar refractivity (Wildman–Crippen MR) is 65.5 cm³/mol. The van der Waals surface area contributed by atoms with Crippen molar-refractivity contribution in [2.24, 2.45) is 7.05 Å². The largest absolute Gasteiger partial charge is 0.384 e. The summed E-state index contributed by atoms with van der Waals surface area (Å²) in [7, 11) is 1.78. The first-order chi connectivity index (χ1) is 7.50.